The third-order valence-corrected chi connectivity index (χ3v) is 2.04. The van der Waals surface area contributed by atoms with Gasteiger partial charge in [-0.3, -0.25) is 10.1 Å². The van der Waals surface area contributed by atoms with E-state index < -0.39 is 10.6 Å². The number of nitrogens with one attached hydrogen (secondary N) is 1. The molecular formula is C8H7N5O4. The van der Waals surface area contributed by atoms with Crippen LogP contribution in [0.15, 0.2) is 23.0 Å². The number of ether oxygens (including phenoxy) is 1. The molecule has 0 fully saturated rings. The van der Waals surface area contributed by atoms with Crippen molar-refractivity contribution in [2.45, 2.75) is 0 Å². The summed E-state index contributed by atoms with van der Waals surface area (Å²) in [5.41, 5.74) is -0.586. The van der Waals surface area contributed by atoms with Gasteiger partial charge in [0.2, 0.25) is 0 Å². The van der Waals surface area contributed by atoms with Crippen molar-refractivity contribution in [2.24, 2.45) is 0 Å². The first kappa shape index (κ1) is 10.8. The summed E-state index contributed by atoms with van der Waals surface area (Å²) in [5.74, 6) is 0.254. The molecule has 0 radical (unpaired) electrons. The molecule has 0 atom stereocenters. The molecule has 0 saturated heterocycles. The number of methoxy groups -OCH3 is 1. The fraction of sp³-hybridized carbons (Fsp3) is 0.125. The molecule has 88 valence electrons. The zero-order chi connectivity index (χ0) is 12.4. The molecule has 1 heterocycles. The molecule has 2 rings (SSSR count). The van der Waals surface area contributed by atoms with Gasteiger partial charge in [-0.05, 0) is 10.4 Å². The Hall–Kier alpha value is -2.71. The maximum Gasteiger partial charge on any atom is 0.365 e. The maximum absolute atomic E-state index is 11.3. The summed E-state index contributed by atoms with van der Waals surface area (Å²) in [5, 5.41) is 19.6. The molecule has 1 aromatic heterocycles. The van der Waals surface area contributed by atoms with Crippen LogP contribution >= 0.6 is 0 Å². The predicted molar refractivity (Wildman–Crippen MR) is 55.2 cm³/mol. The topological polar surface area (TPSA) is 116 Å². The second-order valence-corrected chi connectivity index (χ2v) is 3.06. The third-order valence-electron chi connectivity index (χ3n) is 2.04. The van der Waals surface area contributed by atoms with Crippen LogP contribution in [0.2, 0.25) is 0 Å². The lowest BCUT2D eigenvalue weighted by Crippen LogP contribution is -2.16. The van der Waals surface area contributed by atoms with Gasteiger partial charge in [-0.2, -0.15) is 4.68 Å². The standard InChI is InChI=1S/C8H7N5O4/c1-17-7-3-5(2-6(4-7)13(15)16)12-8(14)9-10-11-12/h2-4H,1H3,(H,9,11,14). The van der Waals surface area contributed by atoms with Crippen LogP contribution in [0.25, 0.3) is 5.69 Å². The van der Waals surface area contributed by atoms with E-state index in [4.69, 9.17) is 4.74 Å². The van der Waals surface area contributed by atoms with E-state index >= 15 is 0 Å². The quantitative estimate of drug-likeness (QED) is 0.587. The second kappa shape index (κ2) is 4.04. The van der Waals surface area contributed by atoms with Gasteiger partial charge in [0.25, 0.3) is 5.69 Å². The number of tetrazole rings is 1. The Morgan fingerprint density at radius 3 is 2.76 bits per heavy atom. The Balaban J connectivity index is 2.62. The molecular weight excluding hydrogens is 230 g/mol. The summed E-state index contributed by atoms with van der Waals surface area (Å²) in [6.45, 7) is 0. The molecule has 0 saturated carbocycles. The summed E-state index contributed by atoms with van der Waals surface area (Å²) < 4.78 is 5.80. The van der Waals surface area contributed by atoms with Gasteiger partial charge in [-0.1, -0.05) is 0 Å². The molecule has 0 aliphatic rings. The summed E-state index contributed by atoms with van der Waals surface area (Å²) in [6, 6.07) is 3.89. The molecule has 0 bridgehead atoms. The highest BCUT2D eigenvalue weighted by Crippen LogP contribution is 2.23. The van der Waals surface area contributed by atoms with Crippen molar-refractivity contribution in [3.8, 4) is 11.4 Å². The van der Waals surface area contributed by atoms with E-state index in [1.54, 1.807) is 0 Å². The van der Waals surface area contributed by atoms with E-state index in [1.807, 2.05) is 0 Å². The smallest absolute Gasteiger partial charge is 0.365 e. The van der Waals surface area contributed by atoms with Crippen molar-refractivity contribution in [1.29, 1.82) is 0 Å². The Morgan fingerprint density at radius 2 is 2.24 bits per heavy atom. The molecule has 0 aliphatic carbocycles. The normalized spacial score (nSPS) is 10.2. The number of nitrogens with zero attached hydrogens (tertiary/aromatic N) is 4. The third kappa shape index (κ3) is 1.97. The van der Waals surface area contributed by atoms with Gasteiger partial charge in [0.05, 0.1) is 23.8 Å². The van der Waals surface area contributed by atoms with E-state index in [2.05, 4.69) is 15.5 Å². The Labute approximate surface area is 93.8 Å². The largest absolute Gasteiger partial charge is 0.496 e. The highest BCUT2D eigenvalue weighted by Gasteiger charge is 2.13. The number of non-ortho nitro benzene ring substituents is 1. The first-order valence-corrected chi connectivity index (χ1v) is 4.46. The van der Waals surface area contributed by atoms with Crippen LogP contribution in [0.1, 0.15) is 0 Å². The number of aromatic amines is 1. The van der Waals surface area contributed by atoms with E-state index in [-0.39, 0.29) is 17.1 Å². The summed E-state index contributed by atoms with van der Waals surface area (Å²) in [6.07, 6.45) is 0. The number of nitro benzene ring substituents is 1. The Morgan fingerprint density at radius 1 is 1.47 bits per heavy atom. The molecule has 17 heavy (non-hydrogen) atoms. The van der Waals surface area contributed by atoms with Gasteiger partial charge in [0.15, 0.2) is 0 Å². The van der Waals surface area contributed by atoms with Crippen molar-refractivity contribution in [2.75, 3.05) is 7.11 Å². The fourth-order valence-corrected chi connectivity index (χ4v) is 1.28. The van der Waals surface area contributed by atoms with Gasteiger partial charge in [0, 0.05) is 12.1 Å². The first-order valence-electron chi connectivity index (χ1n) is 4.46. The van der Waals surface area contributed by atoms with Crippen molar-refractivity contribution in [3.05, 3.63) is 38.8 Å². The van der Waals surface area contributed by atoms with Crippen LogP contribution < -0.4 is 10.4 Å². The number of hydrogen-bond acceptors (Lipinski definition) is 6. The van der Waals surface area contributed by atoms with Gasteiger partial charge in [0.1, 0.15) is 5.75 Å². The Bertz CT molecular complexity index is 616. The van der Waals surface area contributed by atoms with E-state index in [1.165, 1.54) is 25.3 Å². The molecule has 1 aromatic carbocycles. The maximum atomic E-state index is 11.3. The first-order chi connectivity index (χ1) is 8.11. The van der Waals surface area contributed by atoms with E-state index in [9.17, 15) is 14.9 Å². The number of aromatic nitrogens is 4. The molecule has 2 aromatic rings. The molecule has 0 spiro atoms. The highest BCUT2D eigenvalue weighted by molar-refractivity contribution is 5.49. The fourth-order valence-electron chi connectivity index (χ4n) is 1.28. The highest BCUT2D eigenvalue weighted by atomic mass is 16.6. The van der Waals surface area contributed by atoms with Crippen LogP contribution in [0.4, 0.5) is 5.69 Å². The molecule has 0 amide bonds. The van der Waals surface area contributed by atoms with Gasteiger partial charge >= 0.3 is 5.69 Å². The van der Waals surface area contributed by atoms with Crippen LogP contribution in [0, 0.1) is 10.1 Å². The zero-order valence-electron chi connectivity index (χ0n) is 8.65. The van der Waals surface area contributed by atoms with Crippen LogP contribution in [-0.4, -0.2) is 32.2 Å². The van der Waals surface area contributed by atoms with Crippen LogP contribution in [0.5, 0.6) is 5.75 Å². The SMILES string of the molecule is COc1cc(-n2nn[nH]c2=O)cc([N+](=O)[O-])c1. The number of benzene rings is 1. The lowest BCUT2D eigenvalue weighted by atomic mass is 10.2. The second-order valence-electron chi connectivity index (χ2n) is 3.06. The van der Waals surface area contributed by atoms with Gasteiger partial charge in [-0.25, -0.2) is 9.89 Å². The monoisotopic (exact) mass is 237 g/mol. The van der Waals surface area contributed by atoms with Crippen LogP contribution in [0.3, 0.4) is 0 Å². The molecule has 9 heteroatoms. The summed E-state index contributed by atoms with van der Waals surface area (Å²) in [7, 11) is 1.37. The Kier molecular flexibility index (Phi) is 2.57. The lowest BCUT2D eigenvalue weighted by Gasteiger charge is -2.03. The van der Waals surface area contributed by atoms with Gasteiger partial charge in [-0.15, -0.1) is 0 Å². The minimum absolute atomic E-state index is 0.200. The number of nitro groups is 1. The molecule has 0 unspecified atom stereocenters. The number of rotatable bonds is 3. The van der Waals surface area contributed by atoms with Crippen molar-refractivity contribution < 1.29 is 9.66 Å². The van der Waals surface area contributed by atoms with Crippen LogP contribution in [-0.2, 0) is 0 Å². The predicted octanol–water partition coefficient (Wildman–Crippen LogP) is -0.128. The number of H-pyrrole nitrogens is 1. The van der Waals surface area contributed by atoms with Crippen molar-refractivity contribution in [3.63, 3.8) is 0 Å². The average molecular weight is 237 g/mol. The summed E-state index contributed by atoms with van der Waals surface area (Å²) >= 11 is 0. The molecule has 1 N–H and O–H groups in total. The number of hydrogen-bond donors (Lipinski definition) is 1. The van der Waals surface area contributed by atoms with Gasteiger partial charge < -0.3 is 4.74 Å². The lowest BCUT2D eigenvalue weighted by molar-refractivity contribution is -0.384. The van der Waals surface area contributed by atoms with Crippen molar-refractivity contribution in [1.82, 2.24) is 20.2 Å². The molecule has 0 aliphatic heterocycles. The van der Waals surface area contributed by atoms with E-state index in [0.29, 0.717) is 0 Å². The minimum atomic E-state index is -0.590. The summed E-state index contributed by atoms with van der Waals surface area (Å²) in [4.78, 5) is 21.4. The van der Waals surface area contributed by atoms with Crippen molar-refractivity contribution >= 4 is 5.69 Å². The minimum Gasteiger partial charge on any atom is -0.496 e. The van der Waals surface area contributed by atoms with E-state index in [0.717, 1.165) is 4.68 Å². The average Bonchev–Trinajstić information content (AvgIpc) is 2.74. The molecule has 9 nitrogen and oxygen atoms in total. The zero-order valence-corrected chi connectivity index (χ0v) is 8.65.